The fraction of sp³-hybridized carbons (Fsp3) is 0.417. The summed E-state index contributed by atoms with van der Waals surface area (Å²) < 4.78 is 38.3. The molecule has 2 aliphatic heterocycles. The van der Waals surface area contributed by atoms with E-state index in [2.05, 4.69) is 4.90 Å². The fourth-order valence-electron chi connectivity index (χ4n) is 4.46. The molecule has 4 rings (SSSR count). The highest BCUT2D eigenvalue weighted by molar-refractivity contribution is 5.94. The van der Waals surface area contributed by atoms with Crippen LogP contribution in [0, 0.1) is 0 Å². The first kappa shape index (κ1) is 22.3. The average molecular weight is 445 g/mol. The highest BCUT2D eigenvalue weighted by Crippen LogP contribution is 2.29. The van der Waals surface area contributed by atoms with Crippen molar-refractivity contribution in [2.24, 2.45) is 0 Å². The van der Waals surface area contributed by atoms with Gasteiger partial charge in [0.15, 0.2) is 0 Å². The predicted molar refractivity (Wildman–Crippen MR) is 114 cm³/mol. The van der Waals surface area contributed by atoms with E-state index in [-0.39, 0.29) is 23.4 Å². The van der Waals surface area contributed by atoms with Gasteiger partial charge < -0.3 is 9.80 Å². The average Bonchev–Trinajstić information content (AvgIpc) is 2.99. The van der Waals surface area contributed by atoms with Crippen molar-refractivity contribution >= 4 is 11.8 Å². The maximum atomic E-state index is 13.0. The van der Waals surface area contributed by atoms with Gasteiger partial charge in [0.1, 0.15) is 0 Å². The Kier molecular flexibility index (Phi) is 6.50. The molecule has 5 nitrogen and oxygen atoms in total. The highest BCUT2D eigenvalue weighted by atomic mass is 19.4. The number of halogens is 3. The Morgan fingerprint density at radius 2 is 1.62 bits per heavy atom. The SMILES string of the molecule is O=C(c1ccc(C(F)(F)F)cc1)N1CCCN(C2CCN(Cc3ccccc3)C2=O)CC1. The summed E-state index contributed by atoms with van der Waals surface area (Å²) in [6, 6.07) is 14.1. The zero-order valence-electron chi connectivity index (χ0n) is 17.7. The molecular formula is C24H26F3N3O2. The van der Waals surface area contributed by atoms with E-state index in [0.717, 1.165) is 30.5 Å². The molecule has 0 saturated carbocycles. The van der Waals surface area contributed by atoms with E-state index in [1.807, 2.05) is 35.2 Å². The molecule has 0 N–H and O–H groups in total. The van der Waals surface area contributed by atoms with Crippen LogP contribution in [0.15, 0.2) is 54.6 Å². The molecule has 0 aliphatic carbocycles. The molecule has 2 aliphatic rings. The first-order chi connectivity index (χ1) is 15.3. The molecule has 8 heteroatoms. The molecule has 0 bridgehead atoms. The zero-order valence-corrected chi connectivity index (χ0v) is 17.7. The van der Waals surface area contributed by atoms with Crippen LogP contribution >= 0.6 is 0 Å². The van der Waals surface area contributed by atoms with Crippen molar-refractivity contribution in [1.82, 2.24) is 14.7 Å². The summed E-state index contributed by atoms with van der Waals surface area (Å²) in [5, 5.41) is 0. The lowest BCUT2D eigenvalue weighted by Crippen LogP contribution is -2.44. The summed E-state index contributed by atoms with van der Waals surface area (Å²) in [5.74, 6) is -0.152. The first-order valence-corrected chi connectivity index (χ1v) is 10.9. The lowest BCUT2D eigenvalue weighted by atomic mass is 10.1. The summed E-state index contributed by atoms with van der Waals surface area (Å²) in [7, 11) is 0. The van der Waals surface area contributed by atoms with E-state index in [0.29, 0.717) is 39.3 Å². The van der Waals surface area contributed by atoms with Gasteiger partial charge in [0.25, 0.3) is 5.91 Å². The molecule has 0 spiro atoms. The molecule has 2 heterocycles. The van der Waals surface area contributed by atoms with Gasteiger partial charge >= 0.3 is 6.18 Å². The first-order valence-electron chi connectivity index (χ1n) is 10.9. The van der Waals surface area contributed by atoms with Crippen molar-refractivity contribution in [2.75, 3.05) is 32.7 Å². The Morgan fingerprint density at radius 1 is 0.906 bits per heavy atom. The second-order valence-corrected chi connectivity index (χ2v) is 8.31. The maximum Gasteiger partial charge on any atom is 0.416 e. The molecule has 0 aromatic heterocycles. The number of hydrogen-bond acceptors (Lipinski definition) is 3. The van der Waals surface area contributed by atoms with E-state index in [1.165, 1.54) is 12.1 Å². The van der Waals surface area contributed by atoms with Gasteiger partial charge in [0, 0.05) is 44.8 Å². The van der Waals surface area contributed by atoms with Crippen LogP contribution in [-0.4, -0.2) is 65.3 Å². The van der Waals surface area contributed by atoms with Gasteiger partial charge in [-0.15, -0.1) is 0 Å². The van der Waals surface area contributed by atoms with Crippen molar-refractivity contribution in [1.29, 1.82) is 0 Å². The second-order valence-electron chi connectivity index (χ2n) is 8.31. The van der Waals surface area contributed by atoms with Crippen LogP contribution in [0.5, 0.6) is 0 Å². The molecule has 1 unspecified atom stereocenters. The van der Waals surface area contributed by atoms with Gasteiger partial charge in [-0.25, -0.2) is 0 Å². The fourth-order valence-corrected chi connectivity index (χ4v) is 4.46. The van der Waals surface area contributed by atoms with Gasteiger partial charge in [0.2, 0.25) is 5.91 Å². The molecule has 32 heavy (non-hydrogen) atoms. The number of benzene rings is 2. The van der Waals surface area contributed by atoms with Crippen LogP contribution in [0.1, 0.15) is 34.3 Å². The van der Waals surface area contributed by atoms with Crippen molar-refractivity contribution in [3.05, 3.63) is 71.3 Å². The third kappa shape index (κ3) is 4.96. The largest absolute Gasteiger partial charge is 0.416 e. The minimum absolute atomic E-state index is 0.122. The standard InChI is InChI=1S/C24H26F3N3O2/c25-24(26,27)20-9-7-19(8-10-20)22(31)29-13-4-12-28(15-16-29)21-11-14-30(23(21)32)17-18-5-2-1-3-6-18/h1-3,5-10,21H,4,11-17H2. The molecule has 2 aromatic rings. The molecule has 0 radical (unpaired) electrons. The molecule has 2 amide bonds. The Bertz CT molecular complexity index is 947. The monoisotopic (exact) mass is 445 g/mol. The van der Waals surface area contributed by atoms with Gasteiger partial charge in [-0.05, 0) is 42.7 Å². The van der Waals surface area contributed by atoms with Crippen molar-refractivity contribution in [2.45, 2.75) is 31.6 Å². The van der Waals surface area contributed by atoms with Crippen molar-refractivity contribution in [3.8, 4) is 0 Å². The minimum Gasteiger partial charge on any atom is -0.337 e. The summed E-state index contributed by atoms with van der Waals surface area (Å²) in [6.07, 6.45) is -2.94. The Hall–Kier alpha value is -2.87. The van der Waals surface area contributed by atoms with Crippen LogP contribution in [0.2, 0.25) is 0 Å². The summed E-state index contributed by atoms with van der Waals surface area (Å²) in [5.41, 5.74) is 0.582. The second kappa shape index (κ2) is 9.32. The van der Waals surface area contributed by atoms with E-state index in [9.17, 15) is 22.8 Å². The summed E-state index contributed by atoms with van der Waals surface area (Å²) >= 11 is 0. The van der Waals surface area contributed by atoms with Gasteiger partial charge in [0.05, 0.1) is 11.6 Å². The minimum atomic E-state index is -4.42. The Labute approximate surface area is 185 Å². The Balaban J connectivity index is 1.35. The van der Waals surface area contributed by atoms with E-state index in [4.69, 9.17) is 0 Å². The van der Waals surface area contributed by atoms with Crippen molar-refractivity contribution < 1.29 is 22.8 Å². The quantitative estimate of drug-likeness (QED) is 0.722. The van der Waals surface area contributed by atoms with Crippen LogP contribution < -0.4 is 0 Å². The third-order valence-electron chi connectivity index (χ3n) is 6.20. The molecule has 1 atom stereocenters. The smallest absolute Gasteiger partial charge is 0.337 e. The molecule has 2 fully saturated rings. The number of carbonyl (C=O) groups excluding carboxylic acids is 2. The molecular weight excluding hydrogens is 419 g/mol. The van der Waals surface area contributed by atoms with Crippen LogP contribution in [0.25, 0.3) is 0 Å². The van der Waals surface area contributed by atoms with Gasteiger partial charge in [-0.1, -0.05) is 30.3 Å². The highest BCUT2D eigenvalue weighted by Gasteiger charge is 2.37. The normalized spacial score (nSPS) is 20.5. The van der Waals surface area contributed by atoms with Crippen LogP contribution in [0.3, 0.4) is 0 Å². The summed E-state index contributed by atoms with van der Waals surface area (Å²) in [6.45, 7) is 3.56. The zero-order chi connectivity index (χ0) is 22.7. The van der Waals surface area contributed by atoms with E-state index < -0.39 is 11.7 Å². The molecule has 2 saturated heterocycles. The van der Waals surface area contributed by atoms with Gasteiger partial charge in [-0.2, -0.15) is 13.2 Å². The van der Waals surface area contributed by atoms with Crippen LogP contribution in [-0.2, 0) is 17.5 Å². The van der Waals surface area contributed by atoms with E-state index in [1.54, 1.807) is 4.90 Å². The van der Waals surface area contributed by atoms with Gasteiger partial charge in [-0.3, -0.25) is 14.5 Å². The number of likely N-dealkylation sites (tertiary alicyclic amines) is 1. The lowest BCUT2D eigenvalue weighted by Gasteiger charge is -2.26. The number of hydrogen-bond donors (Lipinski definition) is 0. The maximum absolute atomic E-state index is 13.0. The van der Waals surface area contributed by atoms with E-state index >= 15 is 0 Å². The molecule has 170 valence electrons. The number of carbonyl (C=O) groups is 2. The number of alkyl halides is 3. The number of nitrogens with zero attached hydrogens (tertiary/aromatic N) is 3. The molecule has 2 aromatic carbocycles. The lowest BCUT2D eigenvalue weighted by molar-refractivity contribution is -0.137. The number of rotatable bonds is 4. The summed E-state index contributed by atoms with van der Waals surface area (Å²) in [4.78, 5) is 31.5. The topological polar surface area (TPSA) is 43.9 Å². The Morgan fingerprint density at radius 3 is 2.31 bits per heavy atom. The van der Waals surface area contributed by atoms with Crippen LogP contribution in [0.4, 0.5) is 13.2 Å². The predicted octanol–water partition coefficient (Wildman–Crippen LogP) is 3.65. The number of amides is 2. The van der Waals surface area contributed by atoms with Crippen molar-refractivity contribution in [3.63, 3.8) is 0 Å². The third-order valence-corrected chi connectivity index (χ3v) is 6.20.